The number of benzene rings is 1. The van der Waals surface area contributed by atoms with Gasteiger partial charge in [-0.25, -0.2) is 4.68 Å². The van der Waals surface area contributed by atoms with Gasteiger partial charge in [-0.1, -0.05) is 18.2 Å². The molecule has 3 aromatic rings. The molecule has 0 aliphatic heterocycles. The summed E-state index contributed by atoms with van der Waals surface area (Å²) in [6, 6.07) is 14.5. The van der Waals surface area contributed by atoms with E-state index in [2.05, 4.69) is 40.0 Å². The molecule has 2 aliphatic rings. The molecule has 1 aromatic carbocycles. The first-order valence-electron chi connectivity index (χ1n) is 9.62. The fraction of sp³-hybridized carbons (Fsp3) is 0.318. The molecule has 0 atom stereocenters. The number of amides is 1. The van der Waals surface area contributed by atoms with E-state index in [-0.39, 0.29) is 24.7 Å². The predicted molar refractivity (Wildman–Crippen MR) is 111 cm³/mol. The minimum absolute atomic E-state index is 0. The van der Waals surface area contributed by atoms with Crippen LogP contribution in [0, 0.1) is 0 Å². The molecular formula is C22H23ClN4O. The largest absolute Gasteiger partial charge is 0.369 e. The SMILES string of the molecule is Cl.NC(=O)Cc1ncccc1-c1ccc(-n2nc(C3CC3)cc2C2CC2)cc1. The molecular weight excluding hydrogens is 372 g/mol. The lowest BCUT2D eigenvalue weighted by Gasteiger charge is -2.10. The summed E-state index contributed by atoms with van der Waals surface area (Å²) in [5, 5.41) is 4.91. The van der Waals surface area contributed by atoms with Crippen LogP contribution >= 0.6 is 12.4 Å². The molecule has 2 aromatic heterocycles. The first-order chi connectivity index (χ1) is 13.2. The summed E-state index contributed by atoms with van der Waals surface area (Å²) in [7, 11) is 0. The second-order valence-corrected chi connectivity index (χ2v) is 7.64. The molecule has 2 aliphatic carbocycles. The van der Waals surface area contributed by atoms with Crippen molar-refractivity contribution in [3.63, 3.8) is 0 Å². The lowest BCUT2D eigenvalue weighted by molar-refractivity contribution is -0.117. The highest BCUT2D eigenvalue weighted by Gasteiger charge is 2.32. The minimum Gasteiger partial charge on any atom is -0.369 e. The van der Waals surface area contributed by atoms with Crippen molar-refractivity contribution in [2.24, 2.45) is 5.73 Å². The Hall–Kier alpha value is -2.66. The van der Waals surface area contributed by atoms with Gasteiger partial charge in [0.15, 0.2) is 0 Å². The maximum atomic E-state index is 11.3. The van der Waals surface area contributed by atoms with Crippen LogP contribution in [0.2, 0.25) is 0 Å². The normalized spacial score (nSPS) is 15.9. The number of carbonyl (C=O) groups excluding carboxylic acids is 1. The van der Waals surface area contributed by atoms with Gasteiger partial charge < -0.3 is 5.73 Å². The number of aromatic nitrogens is 3. The quantitative estimate of drug-likeness (QED) is 0.682. The third-order valence-electron chi connectivity index (χ3n) is 5.40. The summed E-state index contributed by atoms with van der Waals surface area (Å²) in [6.45, 7) is 0. The van der Waals surface area contributed by atoms with Crippen LogP contribution in [0.3, 0.4) is 0 Å². The van der Waals surface area contributed by atoms with Gasteiger partial charge in [0.05, 0.1) is 23.5 Å². The lowest BCUT2D eigenvalue weighted by atomic mass is 10.0. The molecule has 0 bridgehead atoms. The summed E-state index contributed by atoms with van der Waals surface area (Å²) in [4.78, 5) is 15.7. The highest BCUT2D eigenvalue weighted by atomic mass is 35.5. The molecule has 5 nitrogen and oxygen atoms in total. The lowest BCUT2D eigenvalue weighted by Crippen LogP contribution is -2.15. The Bertz CT molecular complexity index is 1000. The second kappa shape index (κ2) is 7.40. The Morgan fingerprint density at radius 2 is 1.79 bits per heavy atom. The Balaban J connectivity index is 0.00000192. The van der Waals surface area contributed by atoms with Crippen molar-refractivity contribution in [1.82, 2.24) is 14.8 Å². The van der Waals surface area contributed by atoms with Crippen LogP contribution in [0.25, 0.3) is 16.8 Å². The topological polar surface area (TPSA) is 73.8 Å². The zero-order valence-corrected chi connectivity index (χ0v) is 16.4. The van der Waals surface area contributed by atoms with E-state index in [4.69, 9.17) is 10.8 Å². The first-order valence-corrected chi connectivity index (χ1v) is 9.62. The Morgan fingerprint density at radius 1 is 1.07 bits per heavy atom. The maximum absolute atomic E-state index is 11.3. The van der Waals surface area contributed by atoms with E-state index in [1.165, 1.54) is 37.1 Å². The van der Waals surface area contributed by atoms with E-state index in [0.717, 1.165) is 16.8 Å². The van der Waals surface area contributed by atoms with Gasteiger partial charge in [-0.3, -0.25) is 9.78 Å². The van der Waals surface area contributed by atoms with E-state index in [1.807, 2.05) is 12.1 Å². The number of halogens is 1. The molecule has 0 saturated heterocycles. The van der Waals surface area contributed by atoms with Crippen LogP contribution in [0.15, 0.2) is 48.7 Å². The molecule has 28 heavy (non-hydrogen) atoms. The van der Waals surface area contributed by atoms with Crippen molar-refractivity contribution in [1.29, 1.82) is 0 Å². The van der Waals surface area contributed by atoms with Crippen LogP contribution in [0.5, 0.6) is 0 Å². The Morgan fingerprint density at radius 3 is 2.43 bits per heavy atom. The van der Waals surface area contributed by atoms with Gasteiger partial charge in [-0.15, -0.1) is 12.4 Å². The van der Waals surface area contributed by atoms with Crippen LogP contribution in [-0.4, -0.2) is 20.7 Å². The third-order valence-corrected chi connectivity index (χ3v) is 5.40. The summed E-state index contributed by atoms with van der Waals surface area (Å²) in [6.07, 6.45) is 6.91. The molecule has 1 amide bonds. The number of nitrogens with zero attached hydrogens (tertiary/aromatic N) is 3. The molecule has 144 valence electrons. The number of hydrogen-bond donors (Lipinski definition) is 1. The van der Waals surface area contributed by atoms with Gasteiger partial charge in [0.25, 0.3) is 0 Å². The standard InChI is InChI=1S/C22H22N4O.ClH/c23-22(27)13-20-18(2-1-11-24-20)14-7-9-17(10-8-14)26-21(16-5-6-16)12-19(25-26)15-3-4-15;/h1-2,7-12,15-16H,3-6,13H2,(H2,23,27);1H. The van der Waals surface area contributed by atoms with E-state index in [0.29, 0.717) is 17.5 Å². The number of rotatable bonds is 6. The molecule has 2 N–H and O–H groups in total. The summed E-state index contributed by atoms with van der Waals surface area (Å²) in [5.41, 5.74) is 11.7. The molecule has 2 saturated carbocycles. The van der Waals surface area contributed by atoms with Crippen LogP contribution in [0.1, 0.15) is 54.6 Å². The number of primary amides is 1. The average Bonchev–Trinajstić information content (AvgIpc) is 3.60. The Kier molecular flexibility index (Phi) is 4.94. The average molecular weight is 395 g/mol. The Labute approximate surface area is 170 Å². The van der Waals surface area contributed by atoms with Crippen LogP contribution in [0.4, 0.5) is 0 Å². The van der Waals surface area contributed by atoms with Gasteiger partial charge >= 0.3 is 0 Å². The number of carbonyl (C=O) groups is 1. The number of hydrogen-bond acceptors (Lipinski definition) is 3. The molecule has 0 unspecified atom stereocenters. The smallest absolute Gasteiger partial charge is 0.223 e. The van der Waals surface area contributed by atoms with Crippen molar-refractivity contribution in [2.75, 3.05) is 0 Å². The zero-order chi connectivity index (χ0) is 18.4. The molecule has 5 rings (SSSR count). The molecule has 0 spiro atoms. The van der Waals surface area contributed by atoms with Crippen molar-refractivity contribution >= 4 is 18.3 Å². The molecule has 0 radical (unpaired) electrons. The monoisotopic (exact) mass is 394 g/mol. The van der Waals surface area contributed by atoms with E-state index in [1.54, 1.807) is 6.20 Å². The summed E-state index contributed by atoms with van der Waals surface area (Å²) < 4.78 is 2.13. The molecule has 2 fully saturated rings. The van der Waals surface area contributed by atoms with Crippen molar-refractivity contribution in [2.45, 2.75) is 43.9 Å². The van der Waals surface area contributed by atoms with Crippen molar-refractivity contribution in [3.05, 3.63) is 65.7 Å². The predicted octanol–water partition coefficient (Wildman–Crippen LogP) is 4.14. The van der Waals surface area contributed by atoms with Crippen molar-refractivity contribution in [3.8, 4) is 16.8 Å². The highest BCUT2D eigenvalue weighted by molar-refractivity contribution is 5.85. The van der Waals surface area contributed by atoms with Gasteiger partial charge in [0.2, 0.25) is 5.91 Å². The van der Waals surface area contributed by atoms with Crippen LogP contribution in [-0.2, 0) is 11.2 Å². The van der Waals surface area contributed by atoms with Gasteiger partial charge in [0.1, 0.15) is 0 Å². The van der Waals surface area contributed by atoms with E-state index in [9.17, 15) is 4.79 Å². The highest BCUT2D eigenvalue weighted by Crippen LogP contribution is 2.45. The zero-order valence-electron chi connectivity index (χ0n) is 15.5. The first kappa shape index (κ1) is 18.7. The summed E-state index contributed by atoms with van der Waals surface area (Å²) in [5.74, 6) is 0.949. The maximum Gasteiger partial charge on any atom is 0.223 e. The fourth-order valence-electron chi connectivity index (χ4n) is 3.66. The summed E-state index contributed by atoms with van der Waals surface area (Å²) >= 11 is 0. The fourth-order valence-corrected chi connectivity index (χ4v) is 3.66. The number of pyridine rings is 1. The van der Waals surface area contributed by atoms with E-state index < -0.39 is 0 Å². The van der Waals surface area contributed by atoms with Gasteiger partial charge in [-0.05, 0) is 55.5 Å². The minimum atomic E-state index is -0.371. The molecule has 2 heterocycles. The van der Waals surface area contributed by atoms with Crippen molar-refractivity contribution < 1.29 is 4.79 Å². The van der Waals surface area contributed by atoms with Gasteiger partial charge in [-0.2, -0.15) is 5.10 Å². The van der Waals surface area contributed by atoms with E-state index >= 15 is 0 Å². The molecule has 6 heteroatoms. The van der Waals surface area contributed by atoms with Gasteiger partial charge in [0, 0.05) is 29.3 Å². The third kappa shape index (κ3) is 3.67. The van der Waals surface area contributed by atoms with Crippen LogP contribution < -0.4 is 5.73 Å². The number of nitrogens with two attached hydrogens (primary N) is 1. The second-order valence-electron chi connectivity index (χ2n) is 7.64.